The Hall–Kier alpha value is -4.52. The van der Waals surface area contributed by atoms with Crippen LogP contribution in [-0.4, -0.2) is 16.7 Å². The van der Waals surface area contributed by atoms with Gasteiger partial charge in [0.2, 0.25) is 0 Å². The largest absolute Gasteiger partial charge is 0.416 e. The molecule has 1 heterocycles. The third-order valence-electron chi connectivity index (χ3n) is 5.23. The summed E-state index contributed by atoms with van der Waals surface area (Å²) in [6.07, 6.45) is 1.98. The number of anilines is 1. The standard InChI is InChI=1S/C28H19F3N2O2/c29-28(30,31)22-12-8-20(9-13-22)24-5-1-2-6-25(24)27(35)33-23-14-10-21(11-15-23)26(34)16-7-19-4-3-17-32-18-19/h1-18H,(H,33,35)/b16-7+. The van der Waals surface area contributed by atoms with Gasteiger partial charge >= 0.3 is 6.18 Å². The molecule has 1 amide bonds. The number of allylic oxidation sites excluding steroid dienone is 1. The molecule has 0 aliphatic heterocycles. The van der Waals surface area contributed by atoms with Crippen molar-refractivity contribution in [2.75, 3.05) is 5.32 Å². The van der Waals surface area contributed by atoms with Gasteiger partial charge in [0.25, 0.3) is 5.91 Å². The SMILES string of the molecule is O=C(/C=C/c1cccnc1)c1ccc(NC(=O)c2ccccc2-c2ccc(C(F)(F)F)cc2)cc1. The van der Waals surface area contributed by atoms with Crippen LogP contribution in [0, 0.1) is 0 Å². The molecular weight excluding hydrogens is 453 g/mol. The maximum absolute atomic E-state index is 12.9. The second kappa shape index (κ2) is 10.2. The highest BCUT2D eigenvalue weighted by Gasteiger charge is 2.30. The minimum atomic E-state index is -4.43. The smallest absolute Gasteiger partial charge is 0.322 e. The van der Waals surface area contributed by atoms with E-state index in [1.807, 2.05) is 6.07 Å². The van der Waals surface area contributed by atoms with Gasteiger partial charge in [-0.1, -0.05) is 36.4 Å². The lowest BCUT2D eigenvalue weighted by atomic mass is 9.98. The van der Waals surface area contributed by atoms with E-state index in [0.717, 1.165) is 17.7 Å². The quantitative estimate of drug-likeness (QED) is 0.245. The summed E-state index contributed by atoms with van der Waals surface area (Å²) in [4.78, 5) is 29.3. The number of benzene rings is 3. The molecule has 1 aromatic heterocycles. The van der Waals surface area contributed by atoms with Crippen LogP contribution in [0.25, 0.3) is 17.2 Å². The average Bonchev–Trinajstić information content (AvgIpc) is 2.88. The monoisotopic (exact) mass is 472 g/mol. The van der Waals surface area contributed by atoms with Crippen LogP contribution in [0.15, 0.2) is 103 Å². The highest BCUT2D eigenvalue weighted by Crippen LogP contribution is 2.32. The fourth-order valence-corrected chi connectivity index (χ4v) is 3.43. The molecule has 0 spiro atoms. The van der Waals surface area contributed by atoms with Gasteiger partial charge in [-0.05, 0) is 77.4 Å². The van der Waals surface area contributed by atoms with Crippen molar-refractivity contribution in [3.8, 4) is 11.1 Å². The highest BCUT2D eigenvalue weighted by molar-refractivity contribution is 6.09. The summed E-state index contributed by atoms with van der Waals surface area (Å²) >= 11 is 0. The Bertz CT molecular complexity index is 1360. The number of amides is 1. The molecule has 4 aromatic rings. The van der Waals surface area contributed by atoms with Gasteiger partial charge in [-0.2, -0.15) is 13.2 Å². The maximum Gasteiger partial charge on any atom is 0.416 e. The zero-order valence-electron chi connectivity index (χ0n) is 18.3. The number of carbonyl (C=O) groups excluding carboxylic acids is 2. The number of ketones is 1. The van der Waals surface area contributed by atoms with Gasteiger partial charge in [0.05, 0.1) is 5.56 Å². The van der Waals surface area contributed by atoms with E-state index < -0.39 is 17.6 Å². The van der Waals surface area contributed by atoms with Gasteiger partial charge in [0.15, 0.2) is 5.78 Å². The van der Waals surface area contributed by atoms with Crippen molar-refractivity contribution in [1.29, 1.82) is 0 Å². The Morgan fingerprint density at radius 2 is 1.54 bits per heavy atom. The van der Waals surface area contributed by atoms with Crippen LogP contribution >= 0.6 is 0 Å². The summed E-state index contributed by atoms with van der Waals surface area (Å²) in [5, 5.41) is 2.77. The molecule has 0 atom stereocenters. The number of hydrogen-bond donors (Lipinski definition) is 1. The number of nitrogens with zero attached hydrogens (tertiary/aromatic N) is 1. The number of carbonyl (C=O) groups is 2. The van der Waals surface area contributed by atoms with Crippen LogP contribution in [-0.2, 0) is 6.18 Å². The topological polar surface area (TPSA) is 59.1 Å². The minimum absolute atomic E-state index is 0.195. The maximum atomic E-state index is 12.9. The van der Waals surface area contributed by atoms with E-state index in [1.165, 1.54) is 18.2 Å². The summed E-state index contributed by atoms with van der Waals surface area (Å²) in [7, 11) is 0. The number of aromatic nitrogens is 1. The van der Waals surface area contributed by atoms with E-state index in [-0.39, 0.29) is 5.78 Å². The zero-order valence-corrected chi connectivity index (χ0v) is 18.3. The van der Waals surface area contributed by atoms with E-state index in [4.69, 9.17) is 0 Å². The number of nitrogens with one attached hydrogen (secondary N) is 1. The lowest BCUT2D eigenvalue weighted by Crippen LogP contribution is -2.13. The first-order chi connectivity index (χ1) is 16.8. The van der Waals surface area contributed by atoms with Gasteiger partial charge in [-0.15, -0.1) is 0 Å². The summed E-state index contributed by atoms with van der Waals surface area (Å²) in [5.74, 6) is -0.615. The van der Waals surface area contributed by atoms with Crippen molar-refractivity contribution in [2.24, 2.45) is 0 Å². The van der Waals surface area contributed by atoms with Crippen molar-refractivity contribution in [1.82, 2.24) is 4.98 Å². The minimum Gasteiger partial charge on any atom is -0.322 e. The molecule has 0 aliphatic carbocycles. The third kappa shape index (κ3) is 5.89. The Labute approximate surface area is 199 Å². The molecule has 1 N–H and O–H groups in total. The molecule has 0 aliphatic rings. The predicted octanol–water partition coefficient (Wildman–Crippen LogP) is 6.92. The van der Waals surface area contributed by atoms with Crippen molar-refractivity contribution >= 4 is 23.5 Å². The number of rotatable bonds is 6. The molecule has 35 heavy (non-hydrogen) atoms. The van der Waals surface area contributed by atoms with Crippen LogP contribution in [0.1, 0.15) is 31.8 Å². The molecule has 174 valence electrons. The molecular formula is C28H19F3N2O2. The molecule has 0 unspecified atom stereocenters. The first-order valence-electron chi connectivity index (χ1n) is 10.6. The van der Waals surface area contributed by atoms with Crippen LogP contribution in [0.3, 0.4) is 0 Å². The lowest BCUT2D eigenvalue weighted by molar-refractivity contribution is -0.137. The van der Waals surface area contributed by atoms with Crippen molar-refractivity contribution in [3.05, 3.63) is 126 Å². The molecule has 4 rings (SSSR count). The molecule has 0 radical (unpaired) electrons. The first-order valence-corrected chi connectivity index (χ1v) is 10.6. The van der Waals surface area contributed by atoms with Crippen molar-refractivity contribution in [2.45, 2.75) is 6.18 Å². The van der Waals surface area contributed by atoms with Gasteiger partial charge in [-0.25, -0.2) is 0 Å². The normalized spacial score (nSPS) is 11.4. The molecule has 0 bridgehead atoms. The average molecular weight is 472 g/mol. The van der Waals surface area contributed by atoms with Gasteiger partial charge < -0.3 is 5.32 Å². The van der Waals surface area contributed by atoms with Crippen LogP contribution in [0.4, 0.5) is 18.9 Å². The van der Waals surface area contributed by atoms with Gasteiger partial charge in [0, 0.05) is 29.2 Å². The lowest BCUT2D eigenvalue weighted by Gasteiger charge is -2.12. The molecule has 0 fully saturated rings. The van der Waals surface area contributed by atoms with Crippen molar-refractivity contribution < 1.29 is 22.8 Å². The molecule has 7 heteroatoms. The second-order valence-corrected chi connectivity index (χ2v) is 7.64. The Morgan fingerprint density at radius 1 is 0.829 bits per heavy atom. The van der Waals surface area contributed by atoms with E-state index >= 15 is 0 Å². The molecule has 0 saturated carbocycles. The number of alkyl halides is 3. The van der Waals surface area contributed by atoms with Crippen LogP contribution < -0.4 is 5.32 Å². The number of halogens is 3. The molecule has 4 nitrogen and oxygen atoms in total. The number of pyridine rings is 1. The van der Waals surface area contributed by atoms with Crippen LogP contribution in [0.5, 0.6) is 0 Å². The van der Waals surface area contributed by atoms with Gasteiger partial charge in [-0.3, -0.25) is 14.6 Å². The summed E-state index contributed by atoms with van der Waals surface area (Å²) < 4.78 is 38.6. The van der Waals surface area contributed by atoms with E-state index in [9.17, 15) is 22.8 Å². The van der Waals surface area contributed by atoms with Crippen LogP contribution in [0.2, 0.25) is 0 Å². The Balaban J connectivity index is 1.48. The highest BCUT2D eigenvalue weighted by atomic mass is 19.4. The van der Waals surface area contributed by atoms with Gasteiger partial charge in [0.1, 0.15) is 0 Å². The molecule has 3 aromatic carbocycles. The fraction of sp³-hybridized carbons (Fsp3) is 0.0357. The van der Waals surface area contributed by atoms with E-state index in [0.29, 0.717) is 27.9 Å². The molecule has 0 saturated heterocycles. The third-order valence-corrected chi connectivity index (χ3v) is 5.23. The summed E-state index contributed by atoms with van der Waals surface area (Å²) in [6.45, 7) is 0. The Morgan fingerprint density at radius 3 is 2.20 bits per heavy atom. The first kappa shape index (κ1) is 23.6. The predicted molar refractivity (Wildman–Crippen MR) is 129 cm³/mol. The summed E-state index contributed by atoms with van der Waals surface area (Å²) in [5.41, 5.74) is 2.28. The number of hydrogen-bond acceptors (Lipinski definition) is 3. The van der Waals surface area contributed by atoms with E-state index in [2.05, 4.69) is 10.3 Å². The summed E-state index contributed by atoms with van der Waals surface area (Å²) in [6, 6.07) is 21.4. The van der Waals surface area contributed by atoms with E-state index in [1.54, 1.807) is 73.1 Å². The second-order valence-electron chi connectivity index (χ2n) is 7.64. The Kier molecular flexibility index (Phi) is 6.87. The zero-order chi connectivity index (χ0) is 24.8. The fourth-order valence-electron chi connectivity index (χ4n) is 3.43. The van der Waals surface area contributed by atoms with Crippen molar-refractivity contribution in [3.63, 3.8) is 0 Å².